The molecule has 2 saturated carbocycles. The lowest BCUT2D eigenvalue weighted by atomic mass is 10.00. The highest BCUT2D eigenvalue weighted by Gasteiger charge is 2.25. The van der Waals surface area contributed by atoms with E-state index in [4.69, 9.17) is 0 Å². The molecule has 176 valence electrons. The molecule has 2 aromatic heterocycles. The fourth-order valence-corrected chi connectivity index (χ4v) is 4.22. The van der Waals surface area contributed by atoms with Crippen molar-refractivity contribution in [3.63, 3.8) is 0 Å². The number of rotatable bonds is 6. The summed E-state index contributed by atoms with van der Waals surface area (Å²) in [6, 6.07) is 11.9. The van der Waals surface area contributed by atoms with E-state index in [0.29, 0.717) is 28.9 Å². The average Bonchev–Trinajstić information content (AvgIpc) is 3.79. The van der Waals surface area contributed by atoms with Crippen LogP contribution in [0.4, 0.5) is 0 Å². The average molecular weight is 467 g/mol. The van der Waals surface area contributed by atoms with Crippen molar-refractivity contribution < 1.29 is 9.59 Å². The lowest BCUT2D eigenvalue weighted by molar-refractivity contribution is 0.0942. The van der Waals surface area contributed by atoms with E-state index in [-0.39, 0.29) is 11.8 Å². The third-order valence-electron chi connectivity index (χ3n) is 6.65. The molecule has 0 bridgehead atoms. The highest BCUT2D eigenvalue weighted by Crippen LogP contribution is 2.31. The molecule has 0 radical (unpaired) electrons. The SMILES string of the molecule is Cc1ccc(C(=O)NC2CC2)cc1-c1ncnc2c1cnn2-c1cc(C(=O)NC2CC2)ccc1C. The molecule has 8 nitrogen and oxygen atoms in total. The van der Waals surface area contributed by atoms with Gasteiger partial charge in [0.05, 0.1) is 23.0 Å². The molecule has 35 heavy (non-hydrogen) atoms. The molecule has 2 N–H and O–H groups in total. The van der Waals surface area contributed by atoms with Gasteiger partial charge in [-0.2, -0.15) is 5.10 Å². The monoisotopic (exact) mass is 466 g/mol. The molecule has 2 aliphatic rings. The van der Waals surface area contributed by atoms with Crippen molar-refractivity contribution in [1.82, 2.24) is 30.4 Å². The molecule has 2 fully saturated rings. The van der Waals surface area contributed by atoms with Crippen molar-refractivity contribution in [3.8, 4) is 16.9 Å². The van der Waals surface area contributed by atoms with Crippen LogP contribution in [0.15, 0.2) is 48.9 Å². The first-order valence-electron chi connectivity index (χ1n) is 12.0. The minimum atomic E-state index is -0.0718. The number of nitrogens with zero attached hydrogens (tertiary/aromatic N) is 4. The molecular weight excluding hydrogens is 440 g/mol. The summed E-state index contributed by atoms with van der Waals surface area (Å²) in [5.41, 5.74) is 6.23. The zero-order valence-corrected chi connectivity index (χ0v) is 19.7. The molecule has 4 aromatic rings. The second-order valence-electron chi connectivity index (χ2n) is 9.54. The van der Waals surface area contributed by atoms with Crippen LogP contribution in [0.1, 0.15) is 57.5 Å². The van der Waals surface area contributed by atoms with E-state index in [1.165, 1.54) is 6.33 Å². The maximum Gasteiger partial charge on any atom is 0.251 e. The molecule has 0 saturated heterocycles. The van der Waals surface area contributed by atoms with Crippen molar-refractivity contribution in [1.29, 1.82) is 0 Å². The number of nitrogens with one attached hydrogen (secondary N) is 2. The van der Waals surface area contributed by atoms with E-state index in [9.17, 15) is 9.59 Å². The number of aryl methyl sites for hydroxylation is 2. The normalized spacial score (nSPS) is 15.3. The van der Waals surface area contributed by atoms with Gasteiger partial charge in [-0.1, -0.05) is 12.1 Å². The molecule has 2 aromatic carbocycles. The van der Waals surface area contributed by atoms with Crippen LogP contribution in [0, 0.1) is 13.8 Å². The Labute approximate surface area is 202 Å². The lowest BCUT2D eigenvalue weighted by Gasteiger charge is -2.11. The highest BCUT2D eigenvalue weighted by atomic mass is 16.2. The minimum Gasteiger partial charge on any atom is -0.349 e. The number of benzene rings is 2. The standard InChI is InChI=1S/C27H26N6O2/c1-15-3-5-17(26(34)31-19-7-8-19)11-21(15)24-22-13-30-33(25(22)29-14-28-24)23-12-18(6-4-16(23)2)27(35)32-20-9-10-20/h3-6,11-14,19-20H,7-10H2,1-2H3,(H,31,34)(H,32,35). The maximum absolute atomic E-state index is 12.6. The summed E-state index contributed by atoms with van der Waals surface area (Å²) >= 11 is 0. The third kappa shape index (κ3) is 4.16. The summed E-state index contributed by atoms with van der Waals surface area (Å²) in [6.45, 7) is 3.99. The Morgan fingerprint density at radius 2 is 1.49 bits per heavy atom. The van der Waals surface area contributed by atoms with Gasteiger partial charge in [0.15, 0.2) is 5.65 Å². The number of carbonyl (C=O) groups is 2. The molecule has 0 spiro atoms. The number of fused-ring (bicyclic) bond motifs is 1. The van der Waals surface area contributed by atoms with Gasteiger partial charge in [-0.3, -0.25) is 9.59 Å². The molecule has 2 heterocycles. The predicted octanol–water partition coefficient (Wildman–Crippen LogP) is 3.88. The van der Waals surface area contributed by atoms with Crippen LogP contribution in [0.2, 0.25) is 0 Å². The summed E-state index contributed by atoms with van der Waals surface area (Å²) in [7, 11) is 0. The van der Waals surface area contributed by atoms with Crippen molar-refractivity contribution in [2.24, 2.45) is 0 Å². The molecule has 0 atom stereocenters. The van der Waals surface area contributed by atoms with Crippen molar-refractivity contribution in [2.45, 2.75) is 51.6 Å². The zero-order valence-electron chi connectivity index (χ0n) is 19.7. The molecule has 0 aliphatic heterocycles. The predicted molar refractivity (Wildman–Crippen MR) is 133 cm³/mol. The van der Waals surface area contributed by atoms with Gasteiger partial charge in [-0.25, -0.2) is 14.6 Å². The molecule has 6 rings (SSSR count). The molecule has 8 heteroatoms. The van der Waals surface area contributed by atoms with Crippen LogP contribution in [-0.2, 0) is 0 Å². The first-order valence-corrected chi connectivity index (χ1v) is 12.0. The van der Waals surface area contributed by atoms with Crippen LogP contribution in [0.3, 0.4) is 0 Å². The molecular formula is C27H26N6O2. The van der Waals surface area contributed by atoms with E-state index in [2.05, 4.69) is 25.7 Å². The quantitative estimate of drug-likeness (QED) is 0.449. The van der Waals surface area contributed by atoms with Gasteiger partial charge in [-0.05, 0) is 74.9 Å². The Kier molecular flexibility index (Phi) is 5.09. The van der Waals surface area contributed by atoms with Crippen LogP contribution in [-0.4, -0.2) is 43.6 Å². The lowest BCUT2D eigenvalue weighted by Crippen LogP contribution is -2.25. The van der Waals surface area contributed by atoms with E-state index >= 15 is 0 Å². The minimum absolute atomic E-state index is 0.0633. The van der Waals surface area contributed by atoms with Gasteiger partial charge in [0, 0.05) is 28.8 Å². The van der Waals surface area contributed by atoms with Gasteiger partial charge in [0.25, 0.3) is 11.8 Å². The fourth-order valence-electron chi connectivity index (χ4n) is 4.22. The Morgan fingerprint density at radius 3 is 2.14 bits per heavy atom. The number of aromatic nitrogens is 4. The van der Waals surface area contributed by atoms with Gasteiger partial charge in [0.1, 0.15) is 6.33 Å². The van der Waals surface area contributed by atoms with Crippen molar-refractivity contribution in [3.05, 3.63) is 71.2 Å². The van der Waals surface area contributed by atoms with Gasteiger partial charge in [-0.15, -0.1) is 0 Å². The summed E-state index contributed by atoms with van der Waals surface area (Å²) < 4.78 is 1.75. The second kappa shape index (κ2) is 8.30. The number of carbonyl (C=O) groups excluding carboxylic acids is 2. The summed E-state index contributed by atoms with van der Waals surface area (Å²) in [6.07, 6.45) is 7.42. The van der Waals surface area contributed by atoms with E-state index < -0.39 is 0 Å². The largest absolute Gasteiger partial charge is 0.349 e. The van der Waals surface area contributed by atoms with Gasteiger partial charge in [0.2, 0.25) is 0 Å². The fraction of sp³-hybridized carbons (Fsp3) is 0.296. The smallest absolute Gasteiger partial charge is 0.251 e. The maximum atomic E-state index is 12.6. The van der Waals surface area contributed by atoms with Crippen LogP contribution in [0.25, 0.3) is 28.0 Å². The van der Waals surface area contributed by atoms with Crippen LogP contribution < -0.4 is 10.6 Å². The Bertz CT molecular complexity index is 1480. The summed E-state index contributed by atoms with van der Waals surface area (Å²) in [5, 5.41) is 11.5. The Morgan fingerprint density at radius 1 is 0.857 bits per heavy atom. The van der Waals surface area contributed by atoms with Crippen molar-refractivity contribution >= 4 is 22.8 Å². The van der Waals surface area contributed by atoms with E-state index in [1.807, 2.05) is 50.2 Å². The topological polar surface area (TPSA) is 102 Å². The number of hydrogen-bond donors (Lipinski definition) is 2. The van der Waals surface area contributed by atoms with Gasteiger partial charge >= 0.3 is 0 Å². The first-order chi connectivity index (χ1) is 17.0. The van der Waals surface area contributed by atoms with Crippen molar-refractivity contribution in [2.75, 3.05) is 0 Å². The van der Waals surface area contributed by atoms with E-state index in [0.717, 1.165) is 59.1 Å². The second-order valence-corrected chi connectivity index (χ2v) is 9.54. The zero-order chi connectivity index (χ0) is 24.1. The summed E-state index contributed by atoms with van der Waals surface area (Å²) in [4.78, 5) is 34.4. The van der Waals surface area contributed by atoms with E-state index in [1.54, 1.807) is 10.9 Å². The van der Waals surface area contributed by atoms with Gasteiger partial charge < -0.3 is 10.6 Å². The number of amides is 2. The third-order valence-corrected chi connectivity index (χ3v) is 6.65. The Balaban J connectivity index is 1.40. The number of hydrogen-bond acceptors (Lipinski definition) is 5. The highest BCUT2D eigenvalue weighted by molar-refractivity contribution is 5.98. The van der Waals surface area contributed by atoms with Crippen LogP contribution >= 0.6 is 0 Å². The Hall–Kier alpha value is -4.07. The molecule has 2 aliphatic carbocycles. The van der Waals surface area contributed by atoms with Crippen LogP contribution in [0.5, 0.6) is 0 Å². The molecule has 2 amide bonds. The molecule has 0 unspecified atom stereocenters. The first kappa shape index (κ1) is 21.5. The summed E-state index contributed by atoms with van der Waals surface area (Å²) in [5.74, 6) is -0.135.